The standard InChI is InChI=1S/C14H19N3O2/c15-13(18)11-4-3-5-12(10-11)14(19)16-6-9-17-7-1-2-8-17/h3-5,10H,1-2,6-9H2,(H2,15,18)(H,16,19). The number of nitrogens with zero attached hydrogens (tertiary/aromatic N) is 1. The Labute approximate surface area is 112 Å². The van der Waals surface area contributed by atoms with Crippen molar-refractivity contribution in [2.45, 2.75) is 12.8 Å². The van der Waals surface area contributed by atoms with Crippen molar-refractivity contribution in [1.29, 1.82) is 0 Å². The molecule has 102 valence electrons. The van der Waals surface area contributed by atoms with Crippen LogP contribution in [0.5, 0.6) is 0 Å². The zero-order valence-corrected chi connectivity index (χ0v) is 10.9. The van der Waals surface area contributed by atoms with Gasteiger partial charge in [-0.15, -0.1) is 0 Å². The summed E-state index contributed by atoms with van der Waals surface area (Å²) in [6.45, 7) is 3.74. The van der Waals surface area contributed by atoms with Crippen LogP contribution in [0.1, 0.15) is 33.6 Å². The van der Waals surface area contributed by atoms with Crippen molar-refractivity contribution in [3.8, 4) is 0 Å². The minimum atomic E-state index is -0.522. The molecule has 5 heteroatoms. The molecule has 0 radical (unpaired) electrons. The first kappa shape index (κ1) is 13.5. The molecular formula is C14H19N3O2. The maximum Gasteiger partial charge on any atom is 0.251 e. The van der Waals surface area contributed by atoms with E-state index >= 15 is 0 Å². The largest absolute Gasteiger partial charge is 0.366 e. The summed E-state index contributed by atoms with van der Waals surface area (Å²) in [6, 6.07) is 6.46. The van der Waals surface area contributed by atoms with E-state index < -0.39 is 5.91 Å². The summed E-state index contributed by atoms with van der Waals surface area (Å²) >= 11 is 0. The molecule has 1 aliphatic rings. The molecule has 0 aliphatic carbocycles. The molecule has 1 saturated heterocycles. The van der Waals surface area contributed by atoms with Crippen LogP contribution in [0.15, 0.2) is 24.3 Å². The molecule has 1 heterocycles. The van der Waals surface area contributed by atoms with Crippen LogP contribution in [0.25, 0.3) is 0 Å². The van der Waals surface area contributed by atoms with E-state index in [1.165, 1.54) is 18.9 Å². The van der Waals surface area contributed by atoms with Crippen LogP contribution >= 0.6 is 0 Å². The number of hydrogen-bond donors (Lipinski definition) is 2. The summed E-state index contributed by atoms with van der Waals surface area (Å²) in [5.41, 5.74) is 6.01. The Morgan fingerprint density at radius 2 is 1.89 bits per heavy atom. The SMILES string of the molecule is NC(=O)c1cccc(C(=O)NCCN2CCCC2)c1. The van der Waals surface area contributed by atoms with Crippen molar-refractivity contribution in [3.63, 3.8) is 0 Å². The molecule has 0 spiro atoms. The molecule has 3 N–H and O–H groups in total. The Morgan fingerprint density at radius 3 is 2.58 bits per heavy atom. The van der Waals surface area contributed by atoms with Crippen molar-refractivity contribution < 1.29 is 9.59 Å². The molecule has 19 heavy (non-hydrogen) atoms. The second-order valence-corrected chi connectivity index (χ2v) is 4.75. The zero-order chi connectivity index (χ0) is 13.7. The maximum absolute atomic E-state index is 11.9. The highest BCUT2D eigenvalue weighted by atomic mass is 16.2. The molecule has 0 bridgehead atoms. The molecule has 5 nitrogen and oxygen atoms in total. The van der Waals surface area contributed by atoms with Gasteiger partial charge in [-0.2, -0.15) is 0 Å². The average molecular weight is 261 g/mol. The van der Waals surface area contributed by atoms with Crippen LogP contribution in [0.3, 0.4) is 0 Å². The monoisotopic (exact) mass is 261 g/mol. The highest BCUT2D eigenvalue weighted by molar-refractivity contribution is 5.99. The topological polar surface area (TPSA) is 75.4 Å². The van der Waals surface area contributed by atoms with Gasteiger partial charge in [0.15, 0.2) is 0 Å². The molecule has 2 amide bonds. The number of rotatable bonds is 5. The lowest BCUT2D eigenvalue weighted by Crippen LogP contribution is -2.33. The van der Waals surface area contributed by atoms with Gasteiger partial charge >= 0.3 is 0 Å². The fourth-order valence-electron chi connectivity index (χ4n) is 2.25. The normalized spacial score (nSPS) is 15.4. The van der Waals surface area contributed by atoms with Gasteiger partial charge in [-0.1, -0.05) is 6.07 Å². The summed E-state index contributed by atoms with van der Waals surface area (Å²) in [4.78, 5) is 25.3. The lowest BCUT2D eigenvalue weighted by atomic mass is 10.1. The van der Waals surface area contributed by atoms with E-state index in [0.29, 0.717) is 17.7 Å². The smallest absolute Gasteiger partial charge is 0.251 e. The fraction of sp³-hybridized carbons (Fsp3) is 0.429. The Morgan fingerprint density at radius 1 is 1.21 bits per heavy atom. The van der Waals surface area contributed by atoms with Crippen molar-refractivity contribution in [3.05, 3.63) is 35.4 Å². The van der Waals surface area contributed by atoms with Gasteiger partial charge in [0, 0.05) is 24.2 Å². The van der Waals surface area contributed by atoms with Crippen molar-refractivity contribution >= 4 is 11.8 Å². The van der Waals surface area contributed by atoms with E-state index in [0.717, 1.165) is 19.6 Å². The minimum absolute atomic E-state index is 0.165. The number of carbonyl (C=O) groups is 2. The first-order chi connectivity index (χ1) is 9.16. The van der Waals surface area contributed by atoms with Gasteiger partial charge in [0.1, 0.15) is 0 Å². The third kappa shape index (κ3) is 3.79. The number of nitrogens with two attached hydrogens (primary N) is 1. The van der Waals surface area contributed by atoms with Gasteiger partial charge in [-0.05, 0) is 44.1 Å². The number of amides is 2. The van der Waals surface area contributed by atoms with Crippen LogP contribution in [-0.2, 0) is 0 Å². The van der Waals surface area contributed by atoms with Gasteiger partial charge < -0.3 is 16.0 Å². The number of hydrogen-bond acceptors (Lipinski definition) is 3. The predicted octanol–water partition coefficient (Wildman–Crippen LogP) is 0.611. The highest BCUT2D eigenvalue weighted by Gasteiger charge is 2.12. The first-order valence-corrected chi connectivity index (χ1v) is 6.57. The van der Waals surface area contributed by atoms with Crippen LogP contribution in [0.4, 0.5) is 0 Å². The number of carbonyl (C=O) groups excluding carboxylic acids is 2. The lowest BCUT2D eigenvalue weighted by Gasteiger charge is -2.14. The van der Waals surface area contributed by atoms with Gasteiger partial charge in [0.25, 0.3) is 5.91 Å². The van der Waals surface area contributed by atoms with Gasteiger partial charge in [-0.25, -0.2) is 0 Å². The Balaban J connectivity index is 1.85. The molecule has 0 saturated carbocycles. The summed E-state index contributed by atoms with van der Waals surface area (Å²) in [7, 11) is 0. The summed E-state index contributed by atoms with van der Waals surface area (Å²) in [5, 5.41) is 2.86. The number of benzene rings is 1. The quantitative estimate of drug-likeness (QED) is 0.815. The molecule has 0 aromatic heterocycles. The highest BCUT2D eigenvalue weighted by Crippen LogP contribution is 2.06. The molecule has 1 aliphatic heterocycles. The summed E-state index contributed by atoms with van der Waals surface area (Å²) < 4.78 is 0. The molecule has 1 fully saturated rings. The third-order valence-corrected chi connectivity index (χ3v) is 3.32. The van der Waals surface area contributed by atoms with E-state index in [4.69, 9.17) is 5.73 Å². The Hall–Kier alpha value is -1.88. The second kappa shape index (κ2) is 6.33. The zero-order valence-electron chi connectivity index (χ0n) is 10.9. The minimum Gasteiger partial charge on any atom is -0.366 e. The molecule has 1 aromatic rings. The molecule has 2 rings (SSSR count). The first-order valence-electron chi connectivity index (χ1n) is 6.57. The van der Waals surface area contributed by atoms with Crippen molar-refractivity contribution in [2.24, 2.45) is 5.73 Å². The molecular weight excluding hydrogens is 242 g/mol. The summed E-state index contributed by atoms with van der Waals surface area (Å²) in [5.74, 6) is -0.686. The predicted molar refractivity (Wildman–Crippen MR) is 73.0 cm³/mol. The van der Waals surface area contributed by atoms with Gasteiger partial charge in [0.05, 0.1) is 0 Å². The second-order valence-electron chi connectivity index (χ2n) is 4.75. The Bertz CT molecular complexity index is 468. The maximum atomic E-state index is 11.9. The van der Waals surface area contributed by atoms with Gasteiger partial charge in [-0.3, -0.25) is 9.59 Å². The van der Waals surface area contributed by atoms with Gasteiger partial charge in [0.2, 0.25) is 5.91 Å². The molecule has 0 atom stereocenters. The van der Waals surface area contributed by atoms with Crippen LogP contribution in [0.2, 0.25) is 0 Å². The average Bonchev–Trinajstić information content (AvgIpc) is 2.92. The van der Waals surface area contributed by atoms with E-state index in [1.807, 2.05) is 0 Å². The number of primary amides is 1. The van der Waals surface area contributed by atoms with E-state index in [2.05, 4.69) is 10.2 Å². The van der Waals surface area contributed by atoms with Crippen molar-refractivity contribution in [1.82, 2.24) is 10.2 Å². The van der Waals surface area contributed by atoms with E-state index in [1.54, 1.807) is 18.2 Å². The van der Waals surface area contributed by atoms with Crippen LogP contribution in [0, 0.1) is 0 Å². The number of likely N-dealkylation sites (tertiary alicyclic amines) is 1. The van der Waals surface area contributed by atoms with Crippen LogP contribution in [-0.4, -0.2) is 42.9 Å². The van der Waals surface area contributed by atoms with Crippen molar-refractivity contribution in [2.75, 3.05) is 26.2 Å². The number of nitrogens with one attached hydrogen (secondary N) is 1. The fourth-order valence-corrected chi connectivity index (χ4v) is 2.25. The van der Waals surface area contributed by atoms with E-state index in [-0.39, 0.29) is 5.91 Å². The third-order valence-electron chi connectivity index (χ3n) is 3.32. The summed E-state index contributed by atoms with van der Waals surface area (Å²) in [6.07, 6.45) is 2.49. The lowest BCUT2D eigenvalue weighted by molar-refractivity contribution is 0.0949. The Kier molecular flexibility index (Phi) is 4.52. The van der Waals surface area contributed by atoms with E-state index in [9.17, 15) is 9.59 Å². The molecule has 0 unspecified atom stereocenters. The molecule has 1 aromatic carbocycles. The van der Waals surface area contributed by atoms with Crippen LogP contribution < -0.4 is 11.1 Å².